The molecule has 1 aromatic rings. The summed E-state index contributed by atoms with van der Waals surface area (Å²) in [6.07, 6.45) is -1.07. The molecule has 0 radical (unpaired) electrons. The lowest BCUT2D eigenvalue weighted by molar-refractivity contribution is -0.0321. The second-order valence-corrected chi connectivity index (χ2v) is 7.08. The van der Waals surface area contributed by atoms with Crippen molar-refractivity contribution in [2.45, 2.75) is 32.5 Å². The Morgan fingerprint density at radius 3 is 2.73 bits per heavy atom. The van der Waals surface area contributed by atoms with Gasteiger partial charge in [0.2, 0.25) is 0 Å². The summed E-state index contributed by atoms with van der Waals surface area (Å²) in [5.41, 5.74) is 0.00421. The maximum absolute atomic E-state index is 12.5. The van der Waals surface area contributed by atoms with Gasteiger partial charge in [-0.25, -0.2) is 4.79 Å². The van der Waals surface area contributed by atoms with Crippen LogP contribution >= 0.6 is 15.9 Å². The van der Waals surface area contributed by atoms with E-state index < -0.39 is 17.8 Å². The number of hydrogen-bond acceptors (Lipinski definition) is 4. The zero-order valence-electron chi connectivity index (χ0n) is 13.0. The number of amides is 1. The molecule has 1 saturated heterocycles. The van der Waals surface area contributed by atoms with E-state index in [1.807, 2.05) is 26.8 Å². The molecule has 0 spiro atoms. The second-order valence-electron chi connectivity index (χ2n) is 6.16. The summed E-state index contributed by atoms with van der Waals surface area (Å²) < 4.78 is 11.7. The summed E-state index contributed by atoms with van der Waals surface area (Å²) in [5, 5.41) is 0. The predicted octanol–water partition coefficient (Wildman–Crippen LogP) is 3.27. The van der Waals surface area contributed by atoms with Crippen LogP contribution < -0.4 is 0 Å². The van der Waals surface area contributed by atoms with Gasteiger partial charge in [0.05, 0.1) is 13.2 Å². The zero-order chi connectivity index (χ0) is 16.3. The SMILES string of the molecule is CC(C)(C)OC(=O)N1CCOC(C(=O)c2cccc(Br)c2)C1. The van der Waals surface area contributed by atoms with E-state index in [1.54, 1.807) is 18.2 Å². The van der Waals surface area contributed by atoms with Crippen LogP contribution in [0.2, 0.25) is 0 Å². The van der Waals surface area contributed by atoms with Crippen molar-refractivity contribution in [3.8, 4) is 0 Å². The molecule has 0 bridgehead atoms. The molecule has 1 fully saturated rings. The number of rotatable bonds is 2. The van der Waals surface area contributed by atoms with Gasteiger partial charge in [0.1, 0.15) is 11.7 Å². The topological polar surface area (TPSA) is 55.8 Å². The number of morpholine rings is 1. The van der Waals surface area contributed by atoms with Crippen LogP contribution in [-0.4, -0.2) is 48.2 Å². The van der Waals surface area contributed by atoms with Crippen LogP contribution in [0, 0.1) is 0 Å². The summed E-state index contributed by atoms with van der Waals surface area (Å²) in [7, 11) is 0. The fourth-order valence-electron chi connectivity index (χ4n) is 2.13. The molecule has 1 aliphatic rings. The van der Waals surface area contributed by atoms with Gasteiger partial charge in [-0.2, -0.15) is 0 Å². The number of ether oxygens (including phenoxy) is 2. The molecule has 1 atom stereocenters. The van der Waals surface area contributed by atoms with Gasteiger partial charge in [-0.05, 0) is 32.9 Å². The van der Waals surface area contributed by atoms with Crippen molar-refractivity contribution in [3.05, 3.63) is 34.3 Å². The van der Waals surface area contributed by atoms with Gasteiger partial charge in [0.15, 0.2) is 5.78 Å². The molecule has 1 heterocycles. The van der Waals surface area contributed by atoms with Crippen LogP contribution in [0.4, 0.5) is 4.79 Å². The first-order valence-electron chi connectivity index (χ1n) is 7.15. The average molecular weight is 370 g/mol. The molecule has 1 amide bonds. The molecule has 0 N–H and O–H groups in total. The van der Waals surface area contributed by atoms with Gasteiger partial charge >= 0.3 is 6.09 Å². The van der Waals surface area contributed by atoms with Crippen LogP contribution in [0.25, 0.3) is 0 Å². The van der Waals surface area contributed by atoms with Crippen LogP contribution in [0.5, 0.6) is 0 Å². The first-order chi connectivity index (χ1) is 10.3. The van der Waals surface area contributed by atoms with E-state index in [4.69, 9.17) is 9.47 Å². The quantitative estimate of drug-likeness (QED) is 0.750. The maximum atomic E-state index is 12.5. The maximum Gasteiger partial charge on any atom is 0.410 e. The van der Waals surface area contributed by atoms with E-state index >= 15 is 0 Å². The van der Waals surface area contributed by atoms with Gasteiger partial charge < -0.3 is 14.4 Å². The van der Waals surface area contributed by atoms with E-state index in [2.05, 4.69) is 15.9 Å². The molecule has 0 aromatic heterocycles. The molecule has 6 heteroatoms. The van der Waals surface area contributed by atoms with Crippen molar-refractivity contribution in [3.63, 3.8) is 0 Å². The molecule has 2 rings (SSSR count). The van der Waals surface area contributed by atoms with Gasteiger partial charge in [0.25, 0.3) is 0 Å². The highest BCUT2D eigenvalue weighted by Crippen LogP contribution is 2.18. The molecule has 1 unspecified atom stereocenters. The van der Waals surface area contributed by atoms with E-state index in [0.29, 0.717) is 18.7 Å². The minimum absolute atomic E-state index is 0.130. The Labute approximate surface area is 138 Å². The fourth-order valence-corrected chi connectivity index (χ4v) is 2.53. The third kappa shape index (κ3) is 4.55. The number of nitrogens with zero attached hydrogens (tertiary/aromatic N) is 1. The van der Waals surface area contributed by atoms with Crippen molar-refractivity contribution >= 4 is 27.8 Å². The van der Waals surface area contributed by atoms with Crippen LogP contribution in [0.1, 0.15) is 31.1 Å². The van der Waals surface area contributed by atoms with E-state index in [9.17, 15) is 9.59 Å². The summed E-state index contributed by atoms with van der Waals surface area (Å²) >= 11 is 3.34. The predicted molar refractivity (Wildman–Crippen MR) is 86.0 cm³/mol. The third-order valence-corrected chi connectivity index (χ3v) is 3.61. The largest absolute Gasteiger partial charge is 0.444 e. The van der Waals surface area contributed by atoms with Crippen molar-refractivity contribution in [1.29, 1.82) is 0 Å². The highest BCUT2D eigenvalue weighted by molar-refractivity contribution is 9.10. The first-order valence-corrected chi connectivity index (χ1v) is 7.95. The number of hydrogen-bond donors (Lipinski definition) is 0. The Morgan fingerprint density at radius 2 is 2.09 bits per heavy atom. The number of Topliss-reactive ketones (excluding diaryl/α,β-unsaturated/α-hetero) is 1. The van der Waals surface area contributed by atoms with Gasteiger partial charge in [-0.15, -0.1) is 0 Å². The Balaban J connectivity index is 2.04. The number of ketones is 1. The molecule has 0 saturated carbocycles. The Kier molecular flexibility index (Phi) is 5.24. The average Bonchev–Trinajstić information content (AvgIpc) is 2.45. The van der Waals surface area contributed by atoms with Gasteiger partial charge in [0, 0.05) is 16.6 Å². The molecule has 1 aromatic carbocycles. The van der Waals surface area contributed by atoms with E-state index in [1.165, 1.54) is 4.90 Å². The summed E-state index contributed by atoms with van der Waals surface area (Å²) in [6, 6.07) is 7.14. The molecule has 5 nitrogen and oxygen atoms in total. The Hall–Kier alpha value is -1.40. The van der Waals surface area contributed by atoms with Crippen LogP contribution in [0.3, 0.4) is 0 Å². The molecule has 1 aliphatic heterocycles. The second kappa shape index (κ2) is 6.79. The number of benzene rings is 1. The van der Waals surface area contributed by atoms with Crippen molar-refractivity contribution in [2.24, 2.45) is 0 Å². The fraction of sp³-hybridized carbons (Fsp3) is 0.500. The van der Waals surface area contributed by atoms with Crippen LogP contribution in [0.15, 0.2) is 28.7 Å². The molecule has 22 heavy (non-hydrogen) atoms. The third-order valence-electron chi connectivity index (χ3n) is 3.12. The standard InChI is InChI=1S/C16H20BrNO4/c1-16(2,3)22-15(20)18-7-8-21-13(10-18)14(19)11-5-4-6-12(17)9-11/h4-6,9,13H,7-8,10H2,1-3H3. The lowest BCUT2D eigenvalue weighted by Crippen LogP contribution is -2.49. The first kappa shape index (κ1) is 17.0. The summed E-state index contributed by atoms with van der Waals surface area (Å²) in [4.78, 5) is 26.1. The highest BCUT2D eigenvalue weighted by Gasteiger charge is 2.32. The van der Waals surface area contributed by atoms with E-state index in [0.717, 1.165) is 4.47 Å². The van der Waals surface area contributed by atoms with Crippen molar-refractivity contribution in [2.75, 3.05) is 19.7 Å². The van der Waals surface area contributed by atoms with Crippen molar-refractivity contribution < 1.29 is 19.1 Å². The number of halogens is 1. The zero-order valence-corrected chi connectivity index (χ0v) is 14.6. The van der Waals surface area contributed by atoms with E-state index in [-0.39, 0.29) is 12.3 Å². The van der Waals surface area contributed by atoms with Crippen LogP contribution in [-0.2, 0) is 9.47 Å². The lowest BCUT2D eigenvalue weighted by Gasteiger charge is -2.33. The summed E-state index contributed by atoms with van der Waals surface area (Å²) in [6.45, 7) is 6.40. The molecular formula is C16H20BrNO4. The normalized spacial score (nSPS) is 18.9. The molecular weight excluding hydrogens is 350 g/mol. The Morgan fingerprint density at radius 1 is 1.36 bits per heavy atom. The van der Waals surface area contributed by atoms with Crippen molar-refractivity contribution in [1.82, 2.24) is 4.90 Å². The molecule has 0 aliphatic carbocycles. The minimum atomic E-state index is -0.657. The number of carbonyl (C=O) groups is 2. The highest BCUT2D eigenvalue weighted by atomic mass is 79.9. The lowest BCUT2D eigenvalue weighted by atomic mass is 10.1. The molecule has 120 valence electrons. The monoisotopic (exact) mass is 369 g/mol. The Bertz CT molecular complexity index is 568. The number of carbonyl (C=O) groups excluding carboxylic acids is 2. The summed E-state index contributed by atoms with van der Waals surface area (Å²) in [5.74, 6) is -0.130. The smallest absolute Gasteiger partial charge is 0.410 e. The van der Waals surface area contributed by atoms with Gasteiger partial charge in [-0.3, -0.25) is 4.79 Å². The minimum Gasteiger partial charge on any atom is -0.444 e. The van der Waals surface area contributed by atoms with Gasteiger partial charge in [-0.1, -0.05) is 28.1 Å².